The van der Waals surface area contributed by atoms with Crippen LogP contribution in [0.25, 0.3) is 0 Å². The van der Waals surface area contributed by atoms with Gasteiger partial charge in [-0.2, -0.15) is 0 Å². The molecule has 1 aromatic rings. The maximum absolute atomic E-state index is 9.13. The molecule has 1 atom stereocenters. The molecule has 0 aromatic heterocycles. The van der Waals surface area contributed by atoms with Gasteiger partial charge in [-0.1, -0.05) is 30.3 Å². The average molecular weight is 211 g/mol. The minimum Gasteiger partial charge on any atom is -0.470 e. The Morgan fingerprint density at radius 3 is 2.57 bits per heavy atom. The van der Waals surface area contributed by atoms with E-state index in [1.807, 2.05) is 30.3 Å². The molecule has 1 rings (SSSR count). The minimum absolute atomic E-state index is 0.0133. The second kappa shape index (κ2) is 5.57. The number of ether oxygens (including phenoxy) is 1. The summed E-state index contributed by atoms with van der Waals surface area (Å²) >= 11 is 4.59. The third-order valence-corrected chi connectivity index (χ3v) is 2.04. The molecule has 14 heavy (non-hydrogen) atoms. The zero-order valence-electron chi connectivity index (χ0n) is 7.72. The van der Waals surface area contributed by atoms with Crippen LogP contribution in [0.4, 0.5) is 0 Å². The molecule has 0 amide bonds. The summed E-state index contributed by atoms with van der Waals surface area (Å²) in [5.74, 6) is -0.0716. The maximum atomic E-state index is 9.13. The van der Waals surface area contributed by atoms with Crippen LogP contribution in [-0.2, 0) is 4.74 Å². The lowest BCUT2D eigenvalue weighted by Gasteiger charge is -2.14. The molecule has 0 saturated carbocycles. The van der Waals surface area contributed by atoms with Gasteiger partial charge < -0.3 is 15.6 Å². The summed E-state index contributed by atoms with van der Waals surface area (Å²) in [6, 6.07) is 9.62. The van der Waals surface area contributed by atoms with Crippen molar-refractivity contribution in [1.29, 1.82) is 0 Å². The van der Waals surface area contributed by atoms with E-state index in [9.17, 15) is 0 Å². The maximum Gasteiger partial charge on any atom is 0.253 e. The van der Waals surface area contributed by atoms with Gasteiger partial charge in [0, 0.05) is 5.92 Å². The molecular formula is C10H13NO2S. The molecule has 3 nitrogen and oxygen atoms in total. The lowest BCUT2D eigenvalue weighted by atomic mass is 10.0. The van der Waals surface area contributed by atoms with Gasteiger partial charge in [0.1, 0.15) is 0 Å². The van der Waals surface area contributed by atoms with E-state index in [4.69, 9.17) is 15.6 Å². The SMILES string of the molecule is NC(=S)OCC(CO)c1ccccc1. The number of nitrogens with two attached hydrogens (primary N) is 1. The molecule has 1 aromatic carbocycles. The van der Waals surface area contributed by atoms with Crippen molar-refractivity contribution in [3.8, 4) is 0 Å². The summed E-state index contributed by atoms with van der Waals surface area (Å²) in [6.07, 6.45) is 0. The van der Waals surface area contributed by atoms with Crippen LogP contribution >= 0.6 is 12.2 Å². The predicted molar refractivity (Wildman–Crippen MR) is 59.0 cm³/mol. The van der Waals surface area contributed by atoms with E-state index >= 15 is 0 Å². The smallest absolute Gasteiger partial charge is 0.253 e. The summed E-state index contributed by atoms with van der Waals surface area (Å²) < 4.78 is 5.00. The standard InChI is InChI=1S/C10H13NO2S/c11-10(14)13-7-9(6-12)8-4-2-1-3-5-8/h1-5,9,12H,6-7H2,(H2,11,14). The number of benzene rings is 1. The summed E-state index contributed by atoms with van der Waals surface area (Å²) in [5, 5.41) is 9.14. The normalized spacial score (nSPS) is 12.1. The van der Waals surface area contributed by atoms with E-state index in [-0.39, 0.29) is 17.7 Å². The zero-order chi connectivity index (χ0) is 10.4. The first-order valence-electron chi connectivity index (χ1n) is 4.32. The topological polar surface area (TPSA) is 55.5 Å². The Balaban J connectivity index is 2.58. The number of thiocarbonyl (C=S) groups is 1. The van der Waals surface area contributed by atoms with Gasteiger partial charge in [0.15, 0.2) is 0 Å². The molecule has 0 aliphatic carbocycles. The average Bonchev–Trinajstić information content (AvgIpc) is 2.20. The van der Waals surface area contributed by atoms with Gasteiger partial charge in [0.25, 0.3) is 5.17 Å². The van der Waals surface area contributed by atoms with Crippen LogP contribution in [-0.4, -0.2) is 23.5 Å². The molecule has 0 heterocycles. The molecule has 0 fully saturated rings. The molecule has 0 spiro atoms. The van der Waals surface area contributed by atoms with Crippen LogP contribution in [0.3, 0.4) is 0 Å². The fourth-order valence-electron chi connectivity index (χ4n) is 1.16. The van der Waals surface area contributed by atoms with Gasteiger partial charge in [-0.15, -0.1) is 0 Å². The molecule has 76 valence electrons. The highest BCUT2D eigenvalue weighted by Gasteiger charge is 2.10. The van der Waals surface area contributed by atoms with Crippen LogP contribution in [0.1, 0.15) is 11.5 Å². The third-order valence-electron chi connectivity index (χ3n) is 1.92. The van der Waals surface area contributed by atoms with Gasteiger partial charge in [-0.3, -0.25) is 0 Å². The second-order valence-electron chi connectivity index (χ2n) is 2.92. The Morgan fingerprint density at radius 1 is 1.43 bits per heavy atom. The van der Waals surface area contributed by atoms with Gasteiger partial charge in [0.2, 0.25) is 0 Å². The van der Waals surface area contributed by atoms with Crippen molar-refractivity contribution in [2.24, 2.45) is 5.73 Å². The Kier molecular flexibility index (Phi) is 4.35. The van der Waals surface area contributed by atoms with Crippen molar-refractivity contribution >= 4 is 17.4 Å². The van der Waals surface area contributed by atoms with E-state index in [2.05, 4.69) is 12.2 Å². The summed E-state index contributed by atoms with van der Waals surface area (Å²) in [7, 11) is 0. The van der Waals surface area contributed by atoms with Gasteiger partial charge in [0.05, 0.1) is 13.2 Å². The van der Waals surface area contributed by atoms with Gasteiger partial charge in [-0.05, 0) is 17.8 Å². The van der Waals surface area contributed by atoms with E-state index in [0.29, 0.717) is 6.61 Å². The largest absolute Gasteiger partial charge is 0.470 e. The Labute approximate surface area is 88.5 Å². The van der Waals surface area contributed by atoms with Crippen LogP contribution in [0.5, 0.6) is 0 Å². The minimum atomic E-state index is -0.0716. The van der Waals surface area contributed by atoms with Crippen LogP contribution < -0.4 is 5.73 Å². The summed E-state index contributed by atoms with van der Waals surface area (Å²) in [4.78, 5) is 0. The predicted octanol–water partition coefficient (Wildman–Crippen LogP) is 1.02. The fourth-order valence-corrected chi connectivity index (χ4v) is 1.23. The molecular weight excluding hydrogens is 198 g/mol. The zero-order valence-corrected chi connectivity index (χ0v) is 8.54. The highest BCUT2D eigenvalue weighted by atomic mass is 32.1. The van der Waals surface area contributed by atoms with Crippen LogP contribution in [0.2, 0.25) is 0 Å². The Hall–Kier alpha value is -1.13. The number of aliphatic hydroxyl groups excluding tert-OH is 1. The number of rotatable bonds is 4. The van der Waals surface area contributed by atoms with Crippen molar-refractivity contribution in [2.45, 2.75) is 5.92 Å². The van der Waals surface area contributed by atoms with E-state index in [0.717, 1.165) is 5.56 Å². The van der Waals surface area contributed by atoms with Crippen molar-refractivity contribution in [1.82, 2.24) is 0 Å². The third kappa shape index (κ3) is 3.32. The van der Waals surface area contributed by atoms with Crippen molar-refractivity contribution < 1.29 is 9.84 Å². The monoisotopic (exact) mass is 211 g/mol. The first kappa shape index (κ1) is 10.9. The van der Waals surface area contributed by atoms with Crippen molar-refractivity contribution in [3.05, 3.63) is 35.9 Å². The van der Waals surface area contributed by atoms with E-state index in [1.54, 1.807) is 0 Å². The fraction of sp³-hybridized carbons (Fsp3) is 0.300. The van der Waals surface area contributed by atoms with Gasteiger partial charge >= 0.3 is 0 Å². The lowest BCUT2D eigenvalue weighted by Crippen LogP contribution is -2.19. The van der Waals surface area contributed by atoms with Crippen molar-refractivity contribution in [2.75, 3.05) is 13.2 Å². The molecule has 0 bridgehead atoms. The number of hydrogen-bond acceptors (Lipinski definition) is 3. The van der Waals surface area contributed by atoms with E-state index < -0.39 is 0 Å². The summed E-state index contributed by atoms with van der Waals surface area (Å²) in [6.45, 7) is 0.336. The lowest BCUT2D eigenvalue weighted by molar-refractivity contribution is 0.200. The van der Waals surface area contributed by atoms with Crippen LogP contribution in [0.15, 0.2) is 30.3 Å². The van der Waals surface area contributed by atoms with Crippen LogP contribution in [0, 0.1) is 0 Å². The summed E-state index contributed by atoms with van der Waals surface area (Å²) in [5.41, 5.74) is 6.22. The highest BCUT2D eigenvalue weighted by molar-refractivity contribution is 7.80. The molecule has 0 aliphatic heterocycles. The molecule has 0 aliphatic rings. The quantitative estimate of drug-likeness (QED) is 0.730. The first-order chi connectivity index (χ1) is 6.74. The molecule has 0 saturated heterocycles. The number of aliphatic hydroxyl groups is 1. The molecule has 4 heteroatoms. The van der Waals surface area contributed by atoms with E-state index in [1.165, 1.54) is 0 Å². The molecule has 3 N–H and O–H groups in total. The Morgan fingerprint density at radius 2 is 2.07 bits per heavy atom. The molecule has 0 radical (unpaired) electrons. The molecule has 1 unspecified atom stereocenters. The second-order valence-corrected chi connectivity index (χ2v) is 3.32. The highest BCUT2D eigenvalue weighted by Crippen LogP contribution is 2.14. The number of hydrogen-bond donors (Lipinski definition) is 2. The van der Waals surface area contributed by atoms with Gasteiger partial charge in [-0.25, -0.2) is 0 Å². The van der Waals surface area contributed by atoms with Crippen molar-refractivity contribution in [3.63, 3.8) is 0 Å². The Bertz CT molecular complexity index is 289. The first-order valence-corrected chi connectivity index (χ1v) is 4.73.